The molecule has 1 N–H and O–H groups in total. The summed E-state index contributed by atoms with van der Waals surface area (Å²) in [4.78, 5) is 4.58. The molecule has 0 amide bonds. The quantitative estimate of drug-likeness (QED) is 0.744. The van der Waals surface area contributed by atoms with Crippen LogP contribution in [0.3, 0.4) is 0 Å². The van der Waals surface area contributed by atoms with Gasteiger partial charge in [0.1, 0.15) is 11.3 Å². The van der Waals surface area contributed by atoms with Crippen molar-refractivity contribution in [2.24, 2.45) is 0 Å². The third-order valence-corrected chi connectivity index (χ3v) is 3.25. The van der Waals surface area contributed by atoms with Crippen molar-refractivity contribution < 1.29 is 4.74 Å². The minimum absolute atomic E-state index is 0.753. The maximum atomic E-state index is 5.89. The predicted molar refractivity (Wildman–Crippen MR) is 84.4 cm³/mol. The lowest BCUT2D eigenvalue weighted by molar-refractivity contribution is 0.308. The van der Waals surface area contributed by atoms with E-state index in [4.69, 9.17) is 4.74 Å². The van der Waals surface area contributed by atoms with E-state index >= 15 is 0 Å². The highest BCUT2D eigenvalue weighted by molar-refractivity contribution is 5.84. The maximum absolute atomic E-state index is 5.89. The summed E-state index contributed by atoms with van der Waals surface area (Å²) in [5.41, 5.74) is 1.99. The number of aromatic nitrogens is 1. The fraction of sp³-hybridized carbons (Fsp3) is 0.471. The molecule has 2 aromatic rings. The zero-order valence-corrected chi connectivity index (χ0v) is 12.5. The first kappa shape index (κ1) is 14.8. The number of fused-ring (bicyclic) bond motifs is 1. The van der Waals surface area contributed by atoms with Gasteiger partial charge in [-0.1, -0.05) is 25.1 Å². The van der Waals surface area contributed by atoms with Gasteiger partial charge in [0.25, 0.3) is 0 Å². The summed E-state index contributed by atoms with van der Waals surface area (Å²) in [6.45, 7) is 7.13. The number of nitrogens with zero attached hydrogens (tertiary/aromatic N) is 1. The van der Waals surface area contributed by atoms with E-state index in [0.717, 1.165) is 54.9 Å². The summed E-state index contributed by atoms with van der Waals surface area (Å²) in [5.74, 6) is 0.896. The smallest absolute Gasteiger partial charge is 0.145 e. The first-order chi connectivity index (χ1) is 9.81. The molecule has 0 saturated carbocycles. The number of unbranched alkanes of at least 4 members (excludes halogenated alkanes) is 1. The summed E-state index contributed by atoms with van der Waals surface area (Å²) < 4.78 is 5.89. The predicted octanol–water partition coefficient (Wildman–Crippen LogP) is 3.70. The van der Waals surface area contributed by atoms with Gasteiger partial charge >= 0.3 is 0 Å². The zero-order chi connectivity index (χ0) is 14.2. The molecule has 3 heteroatoms. The number of hydrogen-bond acceptors (Lipinski definition) is 3. The molecule has 0 radical (unpaired) electrons. The average molecular weight is 272 g/mol. The number of ether oxygens (including phenoxy) is 1. The molecule has 0 saturated heterocycles. The Kier molecular flexibility index (Phi) is 5.81. The summed E-state index contributed by atoms with van der Waals surface area (Å²) >= 11 is 0. The van der Waals surface area contributed by atoms with E-state index in [1.54, 1.807) is 0 Å². The van der Waals surface area contributed by atoms with E-state index in [1.165, 1.54) is 6.42 Å². The van der Waals surface area contributed by atoms with Gasteiger partial charge in [-0.25, -0.2) is 4.98 Å². The molecule has 0 aliphatic heterocycles. The number of hydrogen-bond donors (Lipinski definition) is 1. The van der Waals surface area contributed by atoms with E-state index in [9.17, 15) is 0 Å². The second-order valence-electron chi connectivity index (χ2n) is 5.09. The highest BCUT2D eigenvalue weighted by Crippen LogP contribution is 2.23. The van der Waals surface area contributed by atoms with Gasteiger partial charge in [0.15, 0.2) is 0 Å². The molecule has 0 aliphatic carbocycles. The molecule has 0 spiro atoms. The van der Waals surface area contributed by atoms with Crippen LogP contribution >= 0.6 is 0 Å². The second-order valence-corrected chi connectivity index (χ2v) is 5.09. The van der Waals surface area contributed by atoms with Gasteiger partial charge in [-0.2, -0.15) is 0 Å². The Labute approximate surface area is 121 Å². The normalized spacial score (nSPS) is 10.9. The highest BCUT2D eigenvalue weighted by atomic mass is 16.5. The Morgan fingerprint density at radius 2 is 2.00 bits per heavy atom. The van der Waals surface area contributed by atoms with Crippen LogP contribution in [0.5, 0.6) is 5.75 Å². The highest BCUT2D eigenvalue weighted by Gasteiger charge is 2.03. The number of rotatable bonds is 8. The van der Waals surface area contributed by atoms with Crippen molar-refractivity contribution in [1.29, 1.82) is 0 Å². The molecule has 0 unspecified atom stereocenters. The van der Waals surface area contributed by atoms with Crippen LogP contribution in [0.25, 0.3) is 10.9 Å². The summed E-state index contributed by atoms with van der Waals surface area (Å²) in [7, 11) is 0. The second kappa shape index (κ2) is 7.85. The molecule has 0 bridgehead atoms. The molecule has 0 fully saturated rings. The van der Waals surface area contributed by atoms with Gasteiger partial charge in [0, 0.05) is 11.1 Å². The molecule has 0 atom stereocenters. The van der Waals surface area contributed by atoms with Crippen molar-refractivity contribution in [1.82, 2.24) is 10.3 Å². The molecule has 1 heterocycles. The van der Waals surface area contributed by atoms with E-state index in [-0.39, 0.29) is 0 Å². The fourth-order valence-corrected chi connectivity index (χ4v) is 2.17. The molecule has 20 heavy (non-hydrogen) atoms. The van der Waals surface area contributed by atoms with Crippen molar-refractivity contribution in [3.63, 3.8) is 0 Å². The molecular formula is C17H24N2O. The molecular weight excluding hydrogens is 248 g/mol. The lowest BCUT2D eigenvalue weighted by Gasteiger charge is -2.09. The zero-order valence-electron chi connectivity index (χ0n) is 12.5. The van der Waals surface area contributed by atoms with Crippen molar-refractivity contribution >= 4 is 10.9 Å². The minimum Gasteiger partial charge on any atom is -0.491 e. The van der Waals surface area contributed by atoms with Gasteiger partial charge < -0.3 is 10.1 Å². The summed E-state index contributed by atoms with van der Waals surface area (Å²) in [6, 6.07) is 10.2. The maximum Gasteiger partial charge on any atom is 0.145 e. The van der Waals surface area contributed by atoms with Gasteiger partial charge in [0.05, 0.1) is 6.61 Å². The molecule has 1 aromatic heterocycles. The number of pyridine rings is 1. The van der Waals surface area contributed by atoms with Crippen molar-refractivity contribution in [3.8, 4) is 5.75 Å². The van der Waals surface area contributed by atoms with Gasteiger partial charge in [-0.3, -0.25) is 0 Å². The first-order valence-electron chi connectivity index (χ1n) is 7.51. The first-order valence-corrected chi connectivity index (χ1v) is 7.51. The molecule has 3 nitrogen and oxygen atoms in total. The molecule has 108 valence electrons. The monoisotopic (exact) mass is 272 g/mol. The van der Waals surface area contributed by atoms with E-state index < -0.39 is 0 Å². The Hall–Kier alpha value is -1.61. The van der Waals surface area contributed by atoms with Crippen molar-refractivity contribution in [2.45, 2.75) is 33.1 Å². The van der Waals surface area contributed by atoms with Crippen LogP contribution in [-0.2, 0) is 0 Å². The summed E-state index contributed by atoms with van der Waals surface area (Å²) in [6.07, 6.45) is 3.41. The largest absolute Gasteiger partial charge is 0.491 e. The Balaban J connectivity index is 1.85. The van der Waals surface area contributed by atoms with Crippen molar-refractivity contribution in [2.75, 3.05) is 19.7 Å². The van der Waals surface area contributed by atoms with E-state index in [1.807, 2.05) is 25.1 Å². The fourth-order valence-electron chi connectivity index (χ4n) is 2.17. The SMILES string of the molecule is CCCNCCCCOc1cccc2ccc(C)nc12. The van der Waals surface area contributed by atoms with Gasteiger partial charge in [0.2, 0.25) is 0 Å². The van der Waals surface area contributed by atoms with Crippen LogP contribution in [0.4, 0.5) is 0 Å². The van der Waals surface area contributed by atoms with Gasteiger partial charge in [-0.05, 0) is 51.4 Å². The van der Waals surface area contributed by atoms with Crippen LogP contribution in [-0.4, -0.2) is 24.7 Å². The van der Waals surface area contributed by atoms with E-state index in [2.05, 4.69) is 29.4 Å². The topological polar surface area (TPSA) is 34.1 Å². The Morgan fingerprint density at radius 1 is 1.10 bits per heavy atom. The number of nitrogens with one attached hydrogen (secondary N) is 1. The van der Waals surface area contributed by atoms with Crippen LogP contribution in [0.1, 0.15) is 31.9 Å². The van der Waals surface area contributed by atoms with Crippen LogP contribution in [0.15, 0.2) is 30.3 Å². The van der Waals surface area contributed by atoms with Crippen LogP contribution in [0, 0.1) is 6.92 Å². The summed E-state index contributed by atoms with van der Waals surface area (Å²) in [5, 5.41) is 4.54. The Morgan fingerprint density at radius 3 is 2.85 bits per heavy atom. The molecule has 0 aliphatic rings. The van der Waals surface area contributed by atoms with Crippen LogP contribution < -0.4 is 10.1 Å². The molecule has 2 rings (SSSR count). The van der Waals surface area contributed by atoms with E-state index in [0.29, 0.717) is 0 Å². The lowest BCUT2D eigenvalue weighted by atomic mass is 10.2. The number of benzene rings is 1. The van der Waals surface area contributed by atoms with Crippen molar-refractivity contribution in [3.05, 3.63) is 36.0 Å². The standard InChI is InChI=1S/C17H24N2O/c1-3-11-18-12-4-5-13-20-16-8-6-7-15-10-9-14(2)19-17(15)16/h6-10,18H,3-5,11-13H2,1-2H3. The van der Waals surface area contributed by atoms with Gasteiger partial charge in [-0.15, -0.1) is 0 Å². The molecule has 1 aromatic carbocycles. The van der Waals surface area contributed by atoms with Crippen LogP contribution in [0.2, 0.25) is 0 Å². The lowest BCUT2D eigenvalue weighted by Crippen LogP contribution is -2.16. The number of aryl methyl sites for hydroxylation is 1. The third-order valence-electron chi connectivity index (χ3n) is 3.25. The Bertz CT molecular complexity index is 540. The number of para-hydroxylation sites is 1. The minimum atomic E-state index is 0.753. The average Bonchev–Trinajstić information content (AvgIpc) is 2.46. The third kappa shape index (κ3) is 4.20.